The van der Waals surface area contributed by atoms with Crippen molar-refractivity contribution in [3.8, 4) is 5.75 Å². The normalized spacial score (nSPS) is 17.5. The molecule has 1 heterocycles. The van der Waals surface area contributed by atoms with Crippen LogP contribution in [-0.2, 0) is 4.74 Å². The molecule has 1 aliphatic rings. The Hall–Kier alpha value is -1.59. The van der Waals surface area contributed by atoms with Gasteiger partial charge in [-0.2, -0.15) is 0 Å². The first-order chi connectivity index (χ1) is 9.69. The summed E-state index contributed by atoms with van der Waals surface area (Å²) < 4.78 is 10.6. The molecule has 0 aromatic heterocycles. The topological polar surface area (TPSA) is 67.8 Å². The SMILES string of the molecule is CCOc1ccc(C(=O)NC2(CO)CCOCC2)cc1. The van der Waals surface area contributed by atoms with Crippen LogP contribution in [0.2, 0.25) is 0 Å². The second-order valence-electron chi connectivity index (χ2n) is 4.96. The van der Waals surface area contributed by atoms with Crippen molar-refractivity contribution >= 4 is 5.91 Å². The molecule has 5 heteroatoms. The van der Waals surface area contributed by atoms with Gasteiger partial charge in [0.05, 0.1) is 18.8 Å². The number of ether oxygens (including phenoxy) is 2. The molecule has 1 aromatic carbocycles. The quantitative estimate of drug-likeness (QED) is 0.854. The van der Waals surface area contributed by atoms with Crippen LogP contribution in [0.1, 0.15) is 30.1 Å². The maximum Gasteiger partial charge on any atom is 0.251 e. The van der Waals surface area contributed by atoms with Crippen molar-refractivity contribution in [1.82, 2.24) is 5.32 Å². The third-order valence-electron chi connectivity index (χ3n) is 3.56. The van der Waals surface area contributed by atoms with Crippen LogP contribution in [0, 0.1) is 0 Å². The van der Waals surface area contributed by atoms with E-state index < -0.39 is 5.54 Å². The van der Waals surface area contributed by atoms with Crippen LogP contribution in [-0.4, -0.2) is 43.0 Å². The van der Waals surface area contributed by atoms with Crippen molar-refractivity contribution in [2.45, 2.75) is 25.3 Å². The van der Waals surface area contributed by atoms with Crippen molar-refractivity contribution in [3.05, 3.63) is 29.8 Å². The van der Waals surface area contributed by atoms with Gasteiger partial charge in [0.25, 0.3) is 5.91 Å². The average Bonchev–Trinajstić information content (AvgIpc) is 2.49. The molecule has 0 saturated carbocycles. The first kappa shape index (κ1) is 14.8. The number of carbonyl (C=O) groups is 1. The minimum Gasteiger partial charge on any atom is -0.494 e. The summed E-state index contributed by atoms with van der Waals surface area (Å²) in [6.45, 7) is 3.56. The Morgan fingerprint density at radius 1 is 1.35 bits per heavy atom. The van der Waals surface area contributed by atoms with Crippen LogP contribution < -0.4 is 10.1 Å². The van der Waals surface area contributed by atoms with Gasteiger partial charge in [-0.15, -0.1) is 0 Å². The summed E-state index contributed by atoms with van der Waals surface area (Å²) >= 11 is 0. The molecule has 0 unspecified atom stereocenters. The average molecular weight is 279 g/mol. The van der Waals surface area contributed by atoms with E-state index in [0.29, 0.717) is 38.2 Å². The largest absolute Gasteiger partial charge is 0.494 e. The van der Waals surface area contributed by atoms with E-state index in [2.05, 4.69) is 5.32 Å². The number of hydrogen-bond donors (Lipinski definition) is 2. The molecule has 0 bridgehead atoms. The fourth-order valence-electron chi connectivity index (χ4n) is 2.27. The summed E-state index contributed by atoms with van der Waals surface area (Å²) in [5.74, 6) is 0.566. The fourth-order valence-corrected chi connectivity index (χ4v) is 2.27. The Labute approximate surface area is 118 Å². The van der Waals surface area contributed by atoms with Crippen LogP contribution in [0.15, 0.2) is 24.3 Å². The molecule has 2 N–H and O–H groups in total. The van der Waals surface area contributed by atoms with Crippen molar-refractivity contribution in [1.29, 1.82) is 0 Å². The Morgan fingerprint density at radius 2 is 2.00 bits per heavy atom. The number of amides is 1. The second kappa shape index (κ2) is 6.72. The summed E-state index contributed by atoms with van der Waals surface area (Å²) in [5.41, 5.74) is 0.00117. The third kappa shape index (κ3) is 3.49. The molecule has 1 aliphatic heterocycles. The Balaban J connectivity index is 2.03. The highest BCUT2D eigenvalue weighted by Gasteiger charge is 2.33. The Kier molecular flexibility index (Phi) is 4.98. The van der Waals surface area contributed by atoms with Gasteiger partial charge in [-0.3, -0.25) is 4.79 Å². The summed E-state index contributed by atoms with van der Waals surface area (Å²) in [6.07, 6.45) is 1.26. The molecular weight excluding hydrogens is 258 g/mol. The molecule has 5 nitrogen and oxygen atoms in total. The van der Waals surface area contributed by atoms with Gasteiger partial charge in [-0.25, -0.2) is 0 Å². The molecule has 1 saturated heterocycles. The van der Waals surface area contributed by atoms with E-state index in [-0.39, 0.29) is 12.5 Å². The van der Waals surface area contributed by atoms with Crippen LogP contribution >= 0.6 is 0 Å². The zero-order valence-electron chi connectivity index (χ0n) is 11.7. The van der Waals surface area contributed by atoms with Gasteiger partial charge < -0.3 is 19.9 Å². The predicted molar refractivity (Wildman–Crippen MR) is 74.9 cm³/mol. The molecule has 0 spiro atoms. The maximum absolute atomic E-state index is 12.2. The van der Waals surface area contributed by atoms with E-state index in [4.69, 9.17) is 9.47 Å². The van der Waals surface area contributed by atoms with Crippen molar-refractivity contribution in [2.75, 3.05) is 26.4 Å². The highest BCUT2D eigenvalue weighted by Crippen LogP contribution is 2.21. The van der Waals surface area contributed by atoms with E-state index >= 15 is 0 Å². The number of aliphatic hydroxyl groups is 1. The lowest BCUT2D eigenvalue weighted by molar-refractivity contribution is 0.0125. The number of carbonyl (C=O) groups excluding carboxylic acids is 1. The molecular formula is C15H21NO4. The molecule has 1 fully saturated rings. The lowest BCUT2D eigenvalue weighted by Crippen LogP contribution is -2.54. The molecule has 20 heavy (non-hydrogen) atoms. The summed E-state index contributed by atoms with van der Waals surface area (Å²) in [7, 11) is 0. The third-order valence-corrected chi connectivity index (χ3v) is 3.56. The minimum absolute atomic E-state index is 0.0703. The number of nitrogens with one attached hydrogen (secondary N) is 1. The van der Waals surface area contributed by atoms with Crippen LogP contribution in [0.25, 0.3) is 0 Å². The monoisotopic (exact) mass is 279 g/mol. The van der Waals surface area contributed by atoms with Crippen LogP contribution in [0.5, 0.6) is 5.75 Å². The molecule has 0 aliphatic carbocycles. The van der Waals surface area contributed by atoms with E-state index in [9.17, 15) is 9.90 Å². The molecule has 0 atom stereocenters. The molecule has 2 rings (SSSR count). The van der Waals surface area contributed by atoms with Gasteiger partial charge in [0.15, 0.2) is 0 Å². The van der Waals surface area contributed by atoms with Gasteiger partial charge in [0.1, 0.15) is 5.75 Å². The second-order valence-corrected chi connectivity index (χ2v) is 4.96. The van der Waals surface area contributed by atoms with Gasteiger partial charge in [-0.1, -0.05) is 0 Å². The van der Waals surface area contributed by atoms with E-state index in [1.807, 2.05) is 6.92 Å². The van der Waals surface area contributed by atoms with Crippen LogP contribution in [0.4, 0.5) is 0 Å². The Morgan fingerprint density at radius 3 is 2.55 bits per heavy atom. The number of rotatable bonds is 5. The summed E-state index contributed by atoms with van der Waals surface area (Å²) in [6, 6.07) is 7.00. The summed E-state index contributed by atoms with van der Waals surface area (Å²) in [5, 5.41) is 12.5. The first-order valence-corrected chi connectivity index (χ1v) is 6.93. The summed E-state index contributed by atoms with van der Waals surface area (Å²) in [4.78, 5) is 12.2. The van der Waals surface area contributed by atoms with Gasteiger partial charge in [-0.05, 0) is 44.0 Å². The molecule has 110 valence electrons. The molecule has 1 amide bonds. The Bertz CT molecular complexity index is 438. The van der Waals surface area contributed by atoms with Crippen molar-refractivity contribution < 1.29 is 19.4 Å². The predicted octanol–water partition coefficient (Wildman–Crippen LogP) is 1.36. The van der Waals surface area contributed by atoms with Gasteiger partial charge >= 0.3 is 0 Å². The van der Waals surface area contributed by atoms with E-state index in [1.165, 1.54) is 0 Å². The maximum atomic E-state index is 12.2. The molecule has 0 radical (unpaired) electrons. The lowest BCUT2D eigenvalue weighted by Gasteiger charge is -2.36. The number of aliphatic hydroxyl groups excluding tert-OH is 1. The van der Waals surface area contributed by atoms with Crippen LogP contribution in [0.3, 0.4) is 0 Å². The standard InChI is InChI=1S/C15H21NO4/c1-2-20-13-5-3-12(4-6-13)14(18)16-15(11-17)7-9-19-10-8-15/h3-6,17H,2,7-11H2,1H3,(H,16,18). The highest BCUT2D eigenvalue weighted by atomic mass is 16.5. The minimum atomic E-state index is -0.562. The van der Waals surface area contributed by atoms with E-state index in [0.717, 1.165) is 5.75 Å². The molecule has 1 aromatic rings. The lowest BCUT2D eigenvalue weighted by atomic mass is 9.90. The fraction of sp³-hybridized carbons (Fsp3) is 0.533. The number of benzene rings is 1. The number of hydrogen-bond acceptors (Lipinski definition) is 4. The highest BCUT2D eigenvalue weighted by molar-refractivity contribution is 5.94. The van der Waals surface area contributed by atoms with Crippen molar-refractivity contribution in [2.24, 2.45) is 0 Å². The van der Waals surface area contributed by atoms with Crippen molar-refractivity contribution in [3.63, 3.8) is 0 Å². The van der Waals surface area contributed by atoms with Gasteiger partial charge in [0, 0.05) is 18.8 Å². The smallest absolute Gasteiger partial charge is 0.251 e. The van der Waals surface area contributed by atoms with E-state index in [1.54, 1.807) is 24.3 Å². The van der Waals surface area contributed by atoms with Gasteiger partial charge in [0.2, 0.25) is 0 Å². The zero-order valence-corrected chi connectivity index (χ0v) is 11.7. The zero-order chi connectivity index (χ0) is 14.4. The first-order valence-electron chi connectivity index (χ1n) is 6.93.